The van der Waals surface area contributed by atoms with Gasteiger partial charge in [-0.25, -0.2) is 9.18 Å². The number of ether oxygens (including phenoxy) is 1. The summed E-state index contributed by atoms with van der Waals surface area (Å²) >= 11 is 0. The molecule has 0 fully saturated rings. The predicted molar refractivity (Wildman–Crippen MR) is 63.3 cm³/mol. The summed E-state index contributed by atoms with van der Waals surface area (Å²) in [5.41, 5.74) is 5.53. The van der Waals surface area contributed by atoms with Crippen molar-refractivity contribution in [1.82, 2.24) is 9.78 Å². The molecule has 18 heavy (non-hydrogen) atoms. The fourth-order valence-electron chi connectivity index (χ4n) is 1.44. The summed E-state index contributed by atoms with van der Waals surface area (Å²) in [5.74, 6) is -1.39. The Balaban J connectivity index is 1.91. The van der Waals surface area contributed by atoms with Gasteiger partial charge in [-0.05, 0) is 24.3 Å². The van der Waals surface area contributed by atoms with Gasteiger partial charge in [0.05, 0.1) is 12.1 Å². The number of halogens is 1. The number of nitrogen functional groups attached to an aromatic ring is 1. The minimum Gasteiger partial charge on any atom is -0.460 e. The number of nitrogens with zero attached hydrogens (tertiary/aromatic N) is 2. The molecule has 5 nitrogen and oxygen atoms in total. The highest BCUT2D eigenvalue weighted by molar-refractivity contribution is 5.90. The van der Waals surface area contributed by atoms with Gasteiger partial charge in [-0.1, -0.05) is 0 Å². The van der Waals surface area contributed by atoms with Crippen LogP contribution in [0.25, 0.3) is 0 Å². The number of hydrogen-bond acceptors (Lipinski definition) is 4. The zero-order chi connectivity index (χ0) is 13.0. The molecule has 0 spiro atoms. The van der Waals surface area contributed by atoms with Crippen molar-refractivity contribution in [3.8, 4) is 0 Å². The average Bonchev–Trinajstić information content (AvgIpc) is 2.81. The number of carbonyl (C=O) groups excluding carboxylic acids is 1. The molecule has 2 N–H and O–H groups in total. The summed E-state index contributed by atoms with van der Waals surface area (Å²) in [7, 11) is 0. The Bertz CT molecular complexity index is 540. The monoisotopic (exact) mass is 249 g/mol. The van der Waals surface area contributed by atoms with Crippen LogP contribution >= 0.6 is 0 Å². The van der Waals surface area contributed by atoms with Crippen molar-refractivity contribution in [2.24, 2.45) is 0 Å². The molecule has 0 aliphatic carbocycles. The van der Waals surface area contributed by atoms with E-state index in [0.717, 1.165) is 6.07 Å². The van der Waals surface area contributed by atoms with Crippen LogP contribution in [0.2, 0.25) is 0 Å². The van der Waals surface area contributed by atoms with Crippen LogP contribution in [-0.4, -0.2) is 22.4 Å². The van der Waals surface area contributed by atoms with Gasteiger partial charge in [0.25, 0.3) is 0 Å². The minimum atomic E-state index is -0.709. The van der Waals surface area contributed by atoms with E-state index in [1.807, 2.05) is 0 Å². The normalized spacial score (nSPS) is 10.3. The molecular weight excluding hydrogens is 237 g/mol. The van der Waals surface area contributed by atoms with Crippen LogP contribution in [0, 0.1) is 5.82 Å². The van der Waals surface area contributed by atoms with Crippen LogP contribution in [0.5, 0.6) is 0 Å². The number of nitrogens with two attached hydrogens (primary N) is 1. The number of rotatable bonds is 4. The predicted octanol–water partition coefficient (Wildman–Crippen LogP) is 1.46. The Hall–Kier alpha value is -2.37. The maximum atomic E-state index is 13.4. The van der Waals surface area contributed by atoms with Crippen molar-refractivity contribution in [3.63, 3.8) is 0 Å². The third-order valence-corrected chi connectivity index (χ3v) is 2.33. The molecule has 1 aromatic heterocycles. The topological polar surface area (TPSA) is 70.1 Å². The third-order valence-electron chi connectivity index (χ3n) is 2.33. The van der Waals surface area contributed by atoms with E-state index in [1.54, 1.807) is 23.1 Å². The van der Waals surface area contributed by atoms with E-state index in [9.17, 15) is 9.18 Å². The molecule has 0 radical (unpaired) electrons. The lowest BCUT2D eigenvalue weighted by atomic mass is 10.2. The van der Waals surface area contributed by atoms with Crippen molar-refractivity contribution < 1.29 is 13.9 Å². The second kappa shape index (κ2) is 5.31. The van der Waals surface area contributed by atoms with Gasteiger partial charge in [0.1, 0.15) is 12.4 Å². The van der Waals surface area contributed by atoms with Crippen molar-refractivity contribution in [2.75, 3.05) is 12.3 Å². The second-order valence-corrected chi connectivity index (χ2v) is 3.64. The Labute approximate surface area is 103 Å². The largest absolute Gasteiger partial charge is 0.460 e. The lowest BCUT2D eigenvalue weighted by Crippen LogP contribution is -2.13. The van der Waals surface area contributed by atoms with Crippen molar-refractivity contribution in [1.29, 1.82) is 0 Å². The highest BCUT2D eigenvalue weighted by Gasteiger charge is 2.12. The van der Waals surface area contributed by atoms with Gasteiger partial charge >= 0.3 is 5.97 Å². The average molecular weight is 249 g/mol. The first-order valence-corrected chi connectivity index (χ1v) is 5.36. The number of carbonyl (C=O) groups is 1. The molecule has 0 unspecified atom stereocenters. The van der Waals surface area contributed by atoms with E-state index in [4.69, 9.17) is 10.5 Å². The van der Waals surface area contributed by atoms with E-state index in [0.29, 0.717) is 6.54 Å². The molecule has 2 aromatic rings. The molecule has 0 saturated heterocycles. The number of anilines is 1. The molecule has 0 amide bonds. The van der Waals surface area contributed by atoms with Crippen molar-refractivity contribution >= 4 is 11.7 Å². The van der Waals surface area contributed by atoms with Gasteiger partial charge in [-0.3, -0.25) is 4.68 Å². The SMILES string of the molecule is Nc1ccc(C(=O)OCCn2cccn2)c(F)c1. The number of hydrogen-bond donors (Lipinski definition) is 1. The second-order valence-electron chi connectivity index (χ2n) is 3.64. The zero-order valence-electron chi connectivity index (χ0n) is 9.54. The molecule has 0 atom stereocenters. The Kier molecular flexibility index (Phi) is 3.57. The first-order chi connectivity index (χ1) is 8.66. The van der Waals surface area contributed by atoms with Gasteiger partial charge in [-0.2, -0.15) is 5.10 Å². The highest BCUT2D eigenvalue weighted by atomic mass is 19.1. The van der Waals surface area contributed by atoms with Crippen LogP contribution in [0.4, 0.5) is 10.1 Å². The Morgan fingerprint density at radius 3 is 3.00 bits per heavy atom. The summed E-state index contributed by atoms with van der Waals surface area (Å²) in [6, 6.07) is 5.61. The summed E-state index contributed by atoms with van der Waals surface area (Å²) in [4.78, 5) is 11.6. The summed E-state index contributed by atoms with van der Waals surface area (Å²) in [6.45, 7) is 0.555. The fourth-order valence-corrected chi connectivity index (χ4v) is 1.44. The van der Waals surface area contributed by atoms with Gasteiger partial charge in [0, 0.05) is 18.1 Å². The first kappa shape index (κ1) is 12.1. The van der Waals surface area contributed by atoms with E-state index in [2.05, 4.69) is 5.10 Å². The molecule has 1 heterocycles. The molecule has 0 bridgehead atoms. The van der Waals surface area contributed by atoms with Crippen LogP contribution in [0.15, 0.2) is 36.7 Å². The van der Waals surface area contributed by atoms with E-state index >= 15 is 0 Å². The molecule has 1 aromatic carbocycles. The molecule has 6 heteroatoms. The number of aromatic nitrogens is 2. The third kappa shape index (κ3) is 2.85. The summed E-state index contributed by atoms with van der Waals surface area (Å²) in [6.07, 6.45) is 3.37. The summed E-state index contributed by atoms with van der Waals surface area (Å²) in [5, 5.41) is 3.95. The van der Waals surface area contributed by atoms with E-state index in [-0.39, 0.29) is 17.9 Å². The molecule has 0 aliphatic rings. The van der Waals surface area contributed by atoms with Gasteiger partial charge < -0.3 is 10.5 Å². The number of esters is 1. The number of benzene rings is 1. The summed E-state index contributed by atoms with van der Waals surface area (Å²) < 4.78 is 20.0. The van der Waals surface area contributed by atoms with Crippen molar-refractivity contribution in [3.05, 3.63) is 48.0 Å². The highest BCUT2D eigenvalue weighted by Crippen LogP contribution is 2.12. The Morgan fingerprint density at radius 2 is 2.33 bits per heavy atom. The molecule has 0 saturated carbocycles. The quantitative estimate of drug-likeness (QED) is 0.658. The Morgan fingerprint density at radius 1 is 1.50 bits per heavy atom. The fraction of sp³-hybridized carbons (Fsp3) is 0.167. The van der Waals surface area contributed by atoms with Crippen LogP contribution in [-0.2, 0) is 11.3 Å². The molecule has 2 rings (SSSR count). The van der Waals surface area contributed by atoms with Crippen molar-refractivity contribution in [2.45, 2.75) is 6.54 Å². The lowest BCUT2D eigenvalue weighted by Gasteiger charge is -2.06. The van der Waals surface area contributed by atoms with E-state index < -0.39 is 11.8 Å². The molecular formula is C12H12FN3O2. The minimum absolute atomic E-state index is 0.121. The van der Waals surface area contributed by atoms with Crippen LogP contribution < -0.4 is 5.73 Å². The standard InChI is InChI=1S/C12H12FN3O2/c13-11-8-9(14)2-3-10(11)12(17)18-7-6-16-5-1-4-15-16/h1-5,8H,6-7,14H2. The van der Waals surface area contributed by atoms with Crippen LogP contribution in [0.3, 0.4) is 0 Å². The zero-order valence-corrected chi connectivity index (χ0v) is 9.54. The smallest absolute Gasteiger partial charge is 0.341 e. The van der Waals surface area contributed by atoms with E-state index in [1.165, 1.54) is 12.1 Å². The van der Waals surface area contributed by atoms with Gasteiger partial charge in [0.15, 0.2) is 0 Å². The maximum Gasteiger partial charge on any atom is 0.341 e. The molecule has 94 valence electrons. The van der Waals surface area contributed by atoms with Crippen LogP contribution in [0.1, 0.15) is 10.4 Å². The van der Waals surface area contributed by atoms with Gasteiger partial charge in [0.2, 0.25) is 0 Å². The first-order valence-electron chi connectivity index (χ1n) is 5.36. The maximum absolute atomic E-state index is 13.4. The lowest BCUT2D eigenvalue weighted by molar-refractivity contribution is 0.0482. The molecule has 0 aliphatic heterocycles. The van der Waals surface area contributed by atoms with Gasteiger partial charge in [-0.15, -0.1) is 0 Å².